The molecule has 1 saturated carbocycles. The number of fused-ring (bicyclic) bond motifs is 1. The summed E-state index contributed by atoms with van der Waals surface area (Å²) in [6.07, 6.45) is 1.42. The lowest BCUT2D eigenvalue weighted by atomic mass is 9.93. The van der Waals surface area contributed by atoms with Crippen molar-refractivity contribution in [2.24, 2.45) is 5.92 Å². The largest absolute Gasteiger partial charge is 0.416 e. The SMILES string of the molecule is CC(=O)CN1CCC(Cn2ccc3c(N(Cc4ccc(C(F)(F)F)cc4)C4CC4)ncnc32)C(O)C1. The third-order valence-electron chi connectivity index (χ3n) is 7.11. The molecule has 0 amide bonds. The summed E-state index contributed by atoms with van der Waals surface area (Å²) >= 11 is 0. The van der Waals surface area contributed by atoms with Crippen molar-refractivity contribution in [2.45, 2.75) is 57.6 Å². The summed E-state index contributed by atoms with van der Waals surface area (Å²) in [5.41, 5.74) is 0.915. The Morgan fingerprint density at radius 1 is 1.14 bits per heavy atom. The van der Waals surface area contributed by atoms with E-state index in [9.17, 15) is 23.1 Å². The van der Waals surface area contributed by atoms with Crippen LogP contribution in [0.15, 0.2) is 42.9 Å². The molecule has 1 aliphatic heterocycles. The average molecular weight is 502 g/mol. The fraction of sp³-hybridized carbons (Fsp3) is 0.500. The second kappa shape index (κ2) is 9.82. The van der Waals surface area contributed by atoms with Gasteiger partial charge in [0.15, 0.2) is 0 Å². The molecule has 2 fully saturated rings. The summed E-state index contributed by atoms with van der Waals surface area (Å²) in [5.74, 6) is 0.921. The number of rotatable bonds is 8. The monoisotopic (exact) mass is 501 g/mol. The molecular weight excluding hydrogens is 471 g/mol. The van der Waals surface area contributed by atoms with Crippen molar-refractivity contribution < 1.29 is 23.1 Å². The van der Waals surface area contributed by atoms with Crippen LogP contribution in [0.5, 0.6) is 0 Å². The molecular formula is C26H30F3N5O2. The van der Waals surface area contributed by atoms with E-state index < -0.39 is 17.8 Å². The molecule has 10 heteroatoms. The van der Waals surface area contributed by atoms with Gasteiger partial charge in [0, 0.05) is 37.8 Å². The van der Waals surface area contributed by atoms with Crippen molar-refractivity contribution in [3.8, 4) is 0 Å². The Labute approximate surface area is 207 Å². The number of ketones is 1. The van der Waals surface area contributed by atoms with Crippen LogP contribution in [0, 0.1) is 5.92 Å². The van der Waals surface area contributed by atoms with E-state index in [1.807, 2.05) is 21.7 Å². The Morgan fingerprint density at radius 3 is 2.53 bits per heavy atom. The Morgan fingerprint density at radius 2 is 1.89 bits per heavy atom. The predicted octanol–water partition coefficient (Wildman–Crippen LogP) is 3.89. The highest BCUT2D eigenvalue weighted by atomic mass is 19.4. The van der Waals surface area contributed by atoms with Crippen LogP contribution < -0.4 is 4.90 Å². The van der Waals surface area contributed by atoms with Gasteiger partial charge in [0.1, 0.15) is 23.6 Å². The molecule has 0 spiro atoms. The maximum Gasteiger partial charge on any atom is 0.416 e. The van der Waals surface area contributed by atoms with Crippen LogP contribution in [0.3, 0.4) is 0 Å². The van der Waals surface area contributed by atoms with Crippen LogP contribution in [0.1, 0.15) is 37.3 Å². The third kappa shape index (κ3) is 5.39. The third-order valence-corrected chi connectivity index (χ3v) is 7.11. The van der Waals surface area contributed by atoms with Crippen LogP contribution >= 0.6 is 0 Å². The van der Waals surface area contributed by atoms with Crippen LogP contribution in [-0.2, 0) is 24.1 Å². The van der Waals surface area contributed by atoms with Gasteiger partial charge in [-0.05, 0) is 56.5 Å². The number of carbonyl (C=O) groups is 1. The molecule has 0 bridgehead atoms. The van der Waals surface area contributed by atoms with Gasteiger partial charge in [0.25, 0.3) is 0 Å². The zero-order chi connectivity index (χ0) is 25.4. The van der Waals surface area contributed by atoms with Gasteiger partial charge in [-0.25, -0.2) is 9.97 Å². The van der Waals surface area contributed by atoms with Crippen molar-refractivity contribution >= 4 is 22.6 Å². The van der Waals surface area contributed by atoms with E-state index in [4.69, 9.17) is 0 Å². The molecule has 2 atom stereocenters. The number of halogens is 3. The summed E-state index contributed by atoms with van der Waals surface area (Å²) in [6, 6.07) is 7.58. The summed E-state index contributed by atoms with van der Waals surface area (Å²) in [7, 11) is 0. The van der Waals surface area contributed by atoms with E-state index in [1.54, 1.807) is 6.92 Å². The molecule has 192 valence electrons. The van der Waals surface area contributed by atoms with Crippen LogP contribution in [0.2, 0.25) is 0 Å². The summed E-state index contributed by atoms with van der Waals surface area (Å²) in [6.45, 7) is 4.24. The molecule has 1 aromatic carbocycles. The van der Waals surface area contributed by atoms with Gasteiger partial charge in [-0.1, -0.05) is 12.1 Å². The van der Waals surface area contributed by atoms with Gasteiger partial charge in [-0.3, -0.25) is 9.69 Å². The van der Waals surface area contributed by atoms with Crippen LogP contribution in [0.25, 0.3) is 11.0 Å². The van der Waals surface area contributed by atoms with E-state index in [1.165, 1.54) is 18.5 Å². The van der Waals surface area contributed by atoms with Gasteiger partial charge in [0.05, 0.1) is 23.6 Å². The van der Waals surface area contributed by atoms with Crippen LogP contribution in [0.4, 0.5) is 19.0 Å². The fourth-order valence-corrected chi connectivity index (χ4v) is 5.10. The van der Waals surface area contributed by atoms with Crippen molar-refractivity contribution in [3.63, 3.8) is 0 Å². The molecule has 36 heavy (non-hydrogen) atoms. The van der Waals surface area contributed by atoms with Gasteiger partial charge in [0.2, 0.25) is 0 Å². The molecule has 3 aromatic rings. The first-order chi connectivity index (χ1) is 17.2. The van der Waals surface area contributed by atoms with Gasteiger partial charge in [-0.2, -0.15) is 13.2 Å². The minimum atomic E-state index is -4.35. The number of likely N-dealkylation sites (tertiary alicyclic amines) is 1. The number of carbonyl (C=O) groups excluding carboxylic acids is 1. The highest BCUT2D eigenvalue weighted by Crippen LogP contribution is 2.36. The van der Waals surface area contributed by atoms with Crippen molar-refractivity contribution in [3.05, 3.63) is 54.0 Å². The van der Waals surface area contributed by atoms with E-state index in [-0.39, 0.29) is 11.7 Å². The van der Waals surface area contributed by atoms with Gasteiger partial charge >= 0.3 is 6.18 Å². The second-order valence-corrected chi connectivity index (χ2v) is 10.0. The summed E-state index contributed by atoms with van der Waals surface area (Å²) < 4.78 is 40.9. The lowest BCUT2D eigenvalue weighted by molar-refractivity contribution is -0.137. The number of nitrogens with zero attached hydrogens (tertiary/aromatic N) is 5. The van der Waals surface area contributed by atoms with Gasteiger partial charge < -0.3 is 14.6 Å². The molecule has 2 aliphatic rings. The van der Waals surface area contributed by atoms with Crippen molar-refractivity contribution in [1.29, 1.82) is 0 Å². The van der Waals surface area contributed by atoms with E-state index in [0.717, 1.165) is 60.4 Å². The second-order valence-electron chi connectivity index (χ2n) is 10.0. The molecule has 0 radical (unpaired) electrons. The number of aromatic nitrogens is 3. The molecule has 5 rings (SSSR count). The molecule has 3 heterocycles. The number of hydrogen-bond donors (Lipinski definition) is 1. The average Bonchev–Trinajstić information content (AvgIpc) is 3.59. The number of β-amino-alcohol motifs (C(OH)–C–C–N with tert-alkyl or cyclic N) is 1. The quantitative estimate of drug-likeness (QED) is 0.505. The first-order valence-corrected chi connectivity index (χ1v) is 12.3. The summed E-state index contributed by atoms with van der Waals surface area (Å²) in [4.78, 5) is 24.7. The summed E-state index contributed by atoms with van der Waals surface area (Å²) in [5, 5.41) is 11.6. The number of anilines is 1. The minimum absolute atomic E-state index is 0.0499. The normalized spacial score (nSPS) is 21.1. The van der Waals surface area contributed by atoms with E-state index in [0.29, 0.717) is 32.2 Å². The zero-order valence-electron chi connectivity index (χ0n) is 20.2. The number of benzene rings is 1. The first-order valence-electron chi connectivity index (χ1n) is 12.3. The topological polar surface area (TPSA) is 74.5 Å². The molecule has 1 saturated heterocycles. The number of aliphatic hydroxyl groups is 1. The maximum atomic E-state index is 13.0. The molecule has 2 aromatic heterocycles. The van der Waals surface area contributed by atoms with E-state index >= 15 is 0 Å². The highest BCUT2D eigenvalue weighted by Gasteiger charge is 2.33. The minimum Gasteiger partial charge on any atom is -0.391 e. The predicted molar refractivity (Wildman–Crippen MR) is 129 cm³/mol. The maximum absolute atomic E-state index is 13.0. The lowest BCUT2D eigenvalue weighted by Gasteiger charge is -2.35. The van der Waals surface area contributed by atoms with Crippen LogP contribution in [-0.4, -0.2) is 62.1 Å². The number of Topliss-reactive ketones (excluding diaryl/α,β-unsaturated/α-hetero) is 1. The first kappa shape index (κ1) is 24.7. The molecule has 1 aliphatic carbocycles. The Balaban J connectivity index is 1.34. The Bertz CT molecular complexity index is 1220. The number of hydrogen-bond acceptors (Lipinski definition) is 6. The molecule has 7 nitrogen and oxygen atoms in total. The number of aliphatic hydroxyl groups excluding tert-OH is 1. The highest BCUT2D eigenvalue weighted by molar-refractivity contribution is 5.88. The van der Waals surface area contributed by atoms with Crippen molar-refractivity contribution in [1.82, 2.24) is 19.4 Å². The Kier molecular flexibility index (Phi) is 6.74. The number of alkyl halides is 3. The zero-order valence-corrected chi connectivity index (χ0v) is 20.2. The lowest BCUT2D eigenvalue weighted by Crippen LogP contribution is -2.46. The molecule has 1 N–H and O–H groups in total. The van der Waals surface area contributed by atoms with Gasteiger partial charge in [-0.15, -0.1) is 0 Å². The molecule has 2 unspecified atom stereocenters. The Hall–Kier alpha value is -2.98. The number of piperidine rings is 1. The van der Waals surface area contributed by atoms with Crippen molar-refractivity contribution in [2.75, 3.05) is 24.5 Å². The standard InChI is InChI=1S/C26H30F3N5O2/c1-17(35)12-32-10-8-19(23(36)15-32)14-33-11-9-22-24(33)30-16-31-25(22)34(21-6-7-21)13-18-2-4-20(5-3-18)26(27,28)29/h2-5,9,11,16,19,21,23,36H,6-8,10,12-15H2,1H3. The smallest absolute Gasteiger partial charge is 0.391 e. The fourth-order valence-electron chi connectivity index (χ4n) is 5.10. The van der Waals surface area contributed by atoms with E-state index in [2.05, 4.69) is 14.9 Å².